The second-order valence-corrected chi connectivity index (χ2v) is 3.55. The van der Waals surface area contributed by atoms with E-state index in [1.54, 1.807) is 20.0 Å². The Labute approximate surface area is 94.0 Å². The molecule has 0 aliphatic heterocycles. The van der Waals surface area contributed by atoms with Crippen molar-refractivity contribution in [2.24, 2.45) is 0 Å². The minimum absolute atomic E-state index is 0.0614. The van der Waals surface area contributed by atoms with Crippen LogP contribution in [0.15, 0.2) is 10.5 Å². The molecule has 0 aromatic carbocycles. The summed E-state index contributed by atoms with van der Waals surface area (Å²) in [5, 5.41) is 0. The molecule has 0 fully saturated rings. The van der Waals surface area contributed by atoms with Gasteiger partial charge in [0.25, 0.3) is 0 Å². The van der Waals surface area contributed by atoms with E-state index in [2.05, 4.69) is 4.74 Å². The van der Waals surface area contributed by atoms with Crippen molar-refractivity contribution < 1.29 is 18.7 Å². The fraction of sp³-hybridized carbons (Fsp3) is 0.455. The molecule has 0 spiro atoms. The van der Waals surface area contributed by atoms with E-state index in [-0.39, 0.29) is 5.91 Å². The molecule has 1 aromatic heterocycles. The van der Waals surface area contributed by atoms with Gasteiger partial charge in [0.1, 0.15) is 17.1 Å². The van der Waals surface area contributed by atoms with Gasteiger partial charge in [0, 0.05) is 14.0 Å². The minimum atomic E-state index is -0.432. The van der Waals surface area contributed by atoms with Gasteiger partial charge in [-0.15, -0.1) is 0 Å². The molecule has 0 aliphatic rings. The zero-order valence-corrected chi connectivity index (χ0v) is 9.86. The molecule has 0 atom stereocenters. The lowest BCUT2D eigenvalue weighted by atomic mass is 10.2. The lowest BCUT2D eigenvalue weighted by molar-refractivity contribution is -0.128. The third kappa shape index (κ3) is 2.62. The second-order valence-electron chi connectivity index (χ2n) is 3.55. The number of carbonyl (C=O) groups is 2. The average molecular weight is 225 g/mol. The summed E-state index contributed by atoms with van der Waals surface area (Å²) in [6.45, 7) is 3.49. The fourth-order valence-corrected chi connectivity index (χ4v) is 1.28. The van der Waals surface area contributed by atoms with Crippen LogP contribution in [0.1, 0.15) is 28.8 Å². The van der Waals surface area contributed by atoms with E-state index in [0.29, 0.717) is 23.6 Å². The molecule has 1 aromatic rings. The summed E-state index contributed by atoms with van der Waals surface area (Å²) in [5.74, 6) is 0.570. The summed E-state index contributed by atoms with van der Waals surface area (Å²) in [6.07, 6.45) is 0. The highest BCUT2D eigenvalue weighted by atomic mass is 16.5. The van der Waals surface area contributed by atoms with E-state index in [9.17, 15) is 9.59 Å². The first-order valence-corrected chi connectivity index (χ1v) is 4.85. The summed E-state index contributed by atoms with van der Waals surface area (Å²) in [7, 11) is 2.98. The van der Waals surface area contributed by atoms with Crippen LogP contribution in [-0.4, -0.2) is 30.9 Å². The van der Waals surface area contributed by atoms with E-state index < -0.39 is 5.97 Å². The Morgan fingerprint density at radius 1 is 1.50 bits per heavy atom. The molecule has 0 saturated carbocycles. The van der Waals surface area contributed by atoms with E-state index in [1.807, 2.05) is 0 Å². The molecule has 88 valence electrons. The number of nitrogens with zero attached hydrogens (tertiary/aromatic N) is 1. The normalized spacial score (nSPS) is 10.0. The van der Waals surface area contributed by atoms with Crippen LogP contribution in [0.3, 0.4) is 0 Å². The first-order chi connectivity index (χ1) is 7.45. The first kappa shape index (κ1) is 12.3. The van der Waals surface area contributed by atoms with Gasteiger partial charge in [-0.2, -0.15) is 0 Å². The van der Waals surface area contributed by atoms with E-state index >= 15 is 0 Å². The number of rotatable bonds is 3. The molecule has 5 heteroatoms. The molecule has 1 rings (SSSR count). The van der Waals surface area contributed by atoms with E-state index in [1.165, 1.54) is 18.9 Å². The van der Waals surface area contributed by atoms with Gasteiger partial charge in [-0.25, -0.2) is 4.79 Å². The van der Waals surface area contributed by atoms with Crippen molar-refractivity contribution in [1.82, 2.24) is 4.90 Å². The first-order valence-electron chi connectivity index (χ1n) is 4.85. The number of aryl methyl sites for hydroxylation is 1. The van der Waals surface area contributed by atoms with Gasteiger partial charge in [0.15, 0.2) is 0 Å². The minimum Gasteiger partial charge on any atom is -0.465 e. The highest BCUT2D eigenvalue weighted by Crippen LogP contribution is 2.16. The van der Waals surface area contributed by atoms with Crippen LogP contribution in [-0.2, 0) is 16.1 Å². The quantitative estimate of drug-likeness (QED) is 0.728. The van der Waals surface area contributed by atoms with Gasteiger partial charge in [-0.3, -0.25) is 4.79 Å². The SMILES string of the molecule is COC(=O)c1cc(CN(C)C(C)=O)oc1C. The third-order valence-electron chi connectivity index (χ3n) is 2.30. The van der Waals surface area contributed by atoms with Crippen molar-refractivity contribution in [2.45, 2.75) is 20.4 Å². The van der Waals surface area contributed by atoms with Crippen molar-refractivity contribution in [1.29, 1.82) is 0 Å². The molecule has 1 heterocycles. The highest BCUT2D eigenvalue weighted by molar-refractivity contribution is 5.90. The maximum absolute atomic E-state index is 11.3. The smallest absolute Gasteiger partial charge is 0.341 e. The van der Waals surface area contributed by atoms with Crippen LogP contribution in [0.4, 0.5) is 0 Å². The molecule has 0 radical (unpaired) electrons. The Morgan fingerprint density at radius 2 is 2.12 bits per heavy atom. The Balaban J connectivity index is 2.85. The zero-order valence-electron chi connectivity index (χ0n) is 9.86. The Bertz CT molecular complexity index is 408. The summed E-state index contributed by atoms with van der Waals surface area (Å²) in [6, 6.07) is 1.60. The molecule has 0 bridgehead atoms. The molecule has 0 N–H and O–H groups in total. The number of amides is 1. The zero-order chi connectivity index (χ0) is 12.3. The number of methoxy groups -OCH3 is 1. The van der Waals surface area contributed by atoms with Crippen molar-refractivity contribution in [3.05, 3.63) is 23.2 Å². The number of carbonyl (C=O) groups excluding carboxylic acids is 2. The number of hydrogen-bond donors (Lipinski definition) is 0. The van der Waals surface area contributed by atoms with Crippen LogP contribution < -0.4 is 0 Å². The summed E-state index contributed by atoms with van der Waals surface area (Å²) in [5.41, 5.74) is 0.398. The topological polar surface area (TPSA) is 59.8 Å². The molecule has 0 aliphatic carbocycles. The monoisotopic (exact) mass is 225 g/mol. The Hall–Kier alpha value is -1.78. The van der Waals surface area contributed by atoms with Gasteiger partial charge >= 0.3 is 5.97 Å². The van der Waals surface area contributed by atoms with E-state index in [4.69, 9.17) is 4.42 Å². The molecule has 0 unspecified atom stereocenters. The van der Waals surface area contributed by atoms with Crippen molar-refractivity contribution >= 4 is 11.9 Å². The highest BCUT2D eigenvalue weighted by Gasteiger charge is 2.16. The summed E-state index contributed by atoms with van der Waals surface area (Å²) >= 11 is 0. The Kier molecular flexibility index (Phi) is 3.71. The molecule has 5 nitrogen and oxygen atoms in total. The number of esters is 1. The summed E-state index contributed by atoms with van der Waals surface area (Å²) < 4.78 is 9.97. The molecule has 16 heavy (non-hydrogen) atoms. The molecular weight excluding hydrogens is 210 g/mol. The molecule has 0 saturated heterocycles. The maximum atomic E-state index is 11.3. The average Bonchev–Trinajstić information content (AvgIpc) is 2.58. The summed E-state index contributed by atoms with van der Waals surface area (Å²) in [4.78, 5) is 23.8. The standard InChI is InChI=1S/C11H15NO4/c1-7-10(11(14)15-4)5-9(16-7)6-12(3)8(2)13/h5H,6H2,1-4H3. The maximum Gasteiger partial charge on any atom is 0.341 e. The fourth-order valence-electron chi connectivity index (χ4n) is 1.28. The largest absolute Gasteiger partial charge is 0.465 e. The Morgan fingerprint density at radius 3 is 2.62 bits per heavy atom. The predicted octanol–water partition coefficient (Wildman–Crippen LogP) is 1.35. The number of hydrogen-bond acceptors (Lipinski definition) is 4. The van der Waals surface area contributed by atoms with Crippen molar-refractivity contribution in [3.63, 3.8) is 0 Å². The van der Waals surface area contributed by atoms with Gasteiger partial charge in [-0.05, 0) is 13.0 Å². The lowest BCUT2D eigenvalue weighted by Crippen LogP contribution is -2.22. The van der Waals surface area contributed by atoms with Gasteiger partial charge < -0.3 is 14.1 Å². The second kappa shape index (κ2) is 4.83. The van der Waals surface area contributed by atoms with Crippen LogP contribution in [0.25, 0.3) is 0 Å². The predicted molar refractivity (Wildman–Crippen MR) is 56.9 cm³/mol. The van der Waals surface area contributed by atoms with Gasteiger partial charge in [0.05, 0.1) is 13.7 Å². The van der Waals surface area contributed by atoms with Gasteiger partial charge in [-0.1, -0.05) is 0 Å². The third-order valence-corrected chi connectivity index (χ3v) is 2.30. The van der Waals surface area contributed by atoms with E-state index in [0.717, 1.165) is 0 Å². The van der Waals surface area contributed by atoms with Crippen LogP contribution in [0.2, 0.25) is 0 Å². The van der Waals surface area contributed by atoms with Crippen molar-refractivity contribution in [3.8, 4) is 0 Å². The number of furan rings is 1. The van der Waals surface area contributed by atoms with Crippen LogP contribution in [0, 0.1) is 6.92 Å². The lowest BCUT2D eigenvalue weighted by Gasteiger charge is -2.11. The molecular formula is C11H15NO4. The van der Waals surface area contributed by atoms with Crippen molar-refractivity contribution in [2.75, 3.05) is 14.2 Å². The van der Waals surface area contributed by atoms with Crippen LogP contribution in [0.5, 0.6) is 0 Å². The van der Waals surface area contributed by atoms with Crippen LogP contribution >= 0.6 is 0 Å². The number of ether oxygens (including phenoxy) is 1. The van der Waals surface area contributed by atoms with Gasteiger partial charge in [0.2, 0.25) is 5.91 Å². The molecule has 1 amide bonds.